The van der Waals surface area contributed by atoms with E-state index in [1.165, 1.54) is 4.90 Å². The van der Waals surface area contributed by atoms with Gasteiger partial charge in [-0.05, 0) is 12.1 Å². The van der Waals surface area contributed by atoms with Crippen molar-refractivity contribution in [3.05, 3.63) is 24.3 Å². The molecule has 2 rings (SSSR count). The molecule has 1 fully saturated rings. The van der Waals surface area contributed by atoms with Crippen LogP contribution >= 0.6 is 0 Å². The Labute approximate surface area is 105 Å². The van der Waals surface area contributed by atoms with Gasteiger partial charge >= 0.3 is 6.03 Å². The maximum atomic E-state index is 11.9. The lowest BCUT2D eigenvalue weighted by Crippen LogP contribution is -2.33. The number of carbonyl (C=O) groups excluding carboxylic acids is 1. The normalized spacial score (nSPS) is 22.9. The van der Waals surface area contributed by atoms with Gasteiger partial charge in [0.15, 0.2) is 0 Å². The molecule has 1 saturated heterocycles. The Kier molecular flexibility index (Phi) is 3.69. The van der Waals surface area contributed by atoms with Gasteiger partial charge in [0.05, 0.1) is 32.4 Å². The largest absolute Gasteiger partial charge is 0.497 e. The zero-order valence-electron chi connectivity index (χ0n) is 10.0. The number of nitrogens with zero attached hydrogens (tertiary/aromatic N) is 1. The summed E-state index contributed by atoms with van der Waals surface area (Å²) >= 11 is 0. The molecule has 98 valence electrons. The van der Waals surface area contributed by atoms with Gasteiger partial charge in [0.2, 0.25) is 0 Å². The van der Waals surface area contributed by atoms with Crippen LogP contribution in [0.4, 0.5) is 10.5 Å². The van der Waals surface area contributed by atoms with Crippen LogP contribution in [0.3, 0.4) is 0 Å². The van der Waals surface area contributed by atoms with Gasteiger partial charge in [-0.1, -0.05) is 6.07 Å². The first-order chi connectivity index (χ1) is 8.60. The topological polar surface area (TPSA) is 82.0 Å². The maximum absolute atomic E-state index is 11.9. The molecule has 2 unspecified atom stereocenters. The Balaban J connectivity index is 1.99. The molecule has 0 saturated carbocycles. The van der Waals surface area contributed by atoms with E-state index in [4.69, 9.17) is 4.74 Å². The van der Waals surface area contributed by atoms with Crippen LogP contribution in [0.2, 0.25) is 0 Å². The summed E-state index contributed by atoms with van der Waals surface area (Å²) in [7, 11) is 1.55. The average molecular weight is 252 g/mol. The molecule has 2 atom stereocenters. The summed E-state index contributed by atoms with van der Waals surface area (Å²) < 4.78 is 5.05. The number of rotatable bonds is 2. The zero-order chi connectivity index (χ0) is 13.1. The Bertz CT molecular complexity index is 428. The number of amides is 2. The third kappa shape index (κ3) is 2.72. The average Bonchev–Trinajstić information content (AvgIpc) is 2.70. The summed E-state index contributed by atoms with van der Waals surface area (Å²) in [4.78, 5) is 13.2. The summed E-state index contributed by atoms with van der Waals surface area (Å²) in [5.74, 6) is 0.647. The van der Waals surface area contributed by atoms with Gasteiger partial charge in [0.1, 0.15) is 5.75 Å². The Hall–Kier alpha value is -1.79. The van der Waals surface area contributed by atoms with Crippen molar-refractivity contribution in [3.8, 4) is 5.75 Å². The second-order valence-corrected chi connectivity index (χ2v) is 4.20. The predicted octanol–water partition coefficient (Wildman–Crippen LogP) is 0.264. The minimum atomic E-state index is -0.874. The van der Waals surface area contributed by atoms with Crippen molar-refractivity contribution >= 4 is 11.7 Å². The number of anilines is 1. The van der Waals surface area contributed by atoms with Crippen molar-refractivity contribution in [1.82, 2.24) is 4.90 Å². The number of nitrogens with one attached hydrogen (secondary N) is 1. The number of likely N-dealkylation sites (tertiary alicyclic amines) is 1. The Morgan fingerprint density at radius 1 is 1.39 bits per heavy atom. The van der Waals surface area contributed by atoms with Gasteiger partial charge in [0, 0.05) is 11.8 Å². The molecule has 18 heavy (non-hydrogen) atoms. The van der Waals surface area contributed by atoms with Crippen molar-refractivity contribution in [2.45, 2.75) is 12.2 Å². The van der Waals surface area contributed by atoms with Crippen LogP contribution in [0.5, 0.6) is 5.75 Å². The van der Waals surface area contributed by atoms with E-state index >= 15 is 0 Å². The smallest absolute Gasteiger partial charge is 0.322 e. The highest BCUT2D eigenvalue weighted by molar-refractivity contribution is 5.89. The molecule has 0 bridgehead atoms. The van der Waals surface area contributed by atoms with Crippen molar-refractivity contribution in [1.29, 1.82) is 0 Å². The molecule has 0 aliphatic carbocycles. The van der Waals surface area contributed by atoms with Crippen LogP contribution in [-0.4, -0.2) is 53.6 Å². The molecule has 1 heterocycles. The standard InChI is InChI=1S/C12H16N2O4/c1-18-9-4-2-3-8(5-9)13-12(17)14-6-10(15)11(16)7-14/h2-5,10-11,15-16H,6-7H2,1H3,(H,13,17). The van der Waals surface area contributed by atoms with E-state index in [0.29, 0.717) is 11.4 Å². The van der Waals surface area contributed by atoms with Crippen LogP contribution in [-0.2, 0) is 0 Å². The van der Waals surface area contributed by atoms with Crippen LogP contribution in [0, 0.1) is 0 Å². The lowest BCUT2D eigenvalue weighted by atomic mass is 10.3. The van der Waals surface area contributed by atoms with E-state index in [0.717, 1.165) is 0 Å². The lowest BCUT2D eigenvalue weighted by molar-refractivity contribution is 0.0572. The van der Waals surface area contributed by atoms with E-state index in [1.807, 2.05) is 0 Å². The Morgan fingerprint density at radius 2 is 2.06 bits per heavy atom. The maximum Gasteiger partial charge on any atom is 0.322 e. The number of ether oxygens (including phenoxy) is 1. The second-order valence-electron chi connectivity index (χ2n) is 4.20. The first-order valence-corrected chi connectivity index (χ1v) is 5.66. The highest BCUT2D eigenvalue weighted by Gasteiger charge is 2.32. The molecular weight excluding hydrogens is 236 g/mol. The number of benzene rings is 1. The quantitative estimate of drug-likeness (QED) is 0.705. The number of urea groups is 1. The van der Waals surface area contributed by atoms with Crippen LogP contribution in [0.15, 0.2) is 24.3 Å². The molecule has 3 N–H and O–H groups in total. The van der Waals surface area contributed by atoms with Gasteiger partial charge in [-0.3, -0.25) is 0 Å². The Morgan fingerprint density at radius 3 is 2.67 bits per heavy atom. The highest BCUT2D eigenvalue weighted by Crippen LogP contribution is 2.18. The fourth-order valence-electron chi connectivity index (χ4n) is 1.84. The van der Waals surface area contributed by atoms with E-state index in [-0.39, 0.29) is 19.1 Å². The fourth-order valence-corrected chi connectivity index (χ4v) is 1.84. The molecule has 1 aliphatic rings. The van der Waals surface area contributed by atoms with Crippen molar-refractivity contribution in [2.75, 3.05) is 25.5 Å². The van der Waals surface area contributed by atoms with E-state index in [2.05, 4.69) is 5.32 Å². The van der Waals surface area contributed by atoms with Gasteiger partial charge in [0.25, 0.3) is 0 Å². The molecule has 0 radical (unpaired) electrons. The third-order valence-corrected chi connectivity index (χ3v) is 2.87. The summed E-state index contributed by atoms with van der Waals surface area (Å²) in [5, 5.41) is 21.4. The highest BCUT2D eigenvalue weighted by atomic mass is 16.5. The van der Waals surface area contributed by atoms with Gasteiger partial charge in [-0.25, -0.2) is 4.79 Å². The molecule has 1 aliphatic heterocycles. The summed E-state index contributed by atoms with van der Waals surface area (Å²) in [5.41, 5.74) is 0.607. The molecule has 6 heteroatoms. The molecule has 0 aromatic heterocycles. The zero-order valence-corrected chi connectivity index (χ0v) is 10.0. The molecule has 1 aromatic carbocycles. The monoisotopic (exact) mass is 252 g/mol. The molecule has 6 nitrogen and oxygen atoms in total. The number of aliphatic hydroxyl groups excluding tert-OH is 2. The van der Waals surface area contributed by atoms with Crippen molar-refractivity contribution in [3.63, 3.8) is 0 Å². The van der Waals surface area contributed by atoms with Crippen LogP contribution in [0.1, 0.15) is 0 Å². The second kappa shape index (κ2) is 5.24. The first-order valence-electron chi connectivity index (χ1n) is 5.66. The number of hydrogen-bond acceptors (Lipinski definition) is 4. The van der Waals surface area contributed by atoms with Crippen LogP contribution in [0.25, 0.3) is 0 Å². The minimum Gasteiger partial charge on any atom is -0.497 e. The van der Waals surface area contributed by atoms with Crippen molar-refractivity contribution < 1.29 is 19.7 Å². The number of methoxy groups -OCH3 is 1. The van der Waals surface area contributed by atoms with Gasteiger partial charge in [-0.2, -0.15) is 0 Å². The third-order valence-electron chi connectivity index (χ3n) is 2.87. The minimum absolute atomic E-state index is 0.136. The number of β-amino-alcohol motifs (C(OH)–C–C–N with tert-alkyl or cyclic N) is 2. The fraction of sp³-hybridized carbons (Fsp3) is 0.417. The van der Waals surface area contributed by atoms with E-state index < -0.39 is 12.2 Å². The summed E-state index contributed by atoms with van der Waals surface area (Å²) in [6.45, 7) is 0.272. The number of carbonyl (C=O) groups is 1. The van der Waals surface area contributed by atoms with E-state index in [1.54, 1.807) is 31.4 Å². The molecular formula is C12H16N2O4. The number of hydrogen-bond donors (Lipinski definition) is 3. The lowest BCUT2D eigenvalue weighted by Gasteiger charge is -2.16. The summed E-state index contributed by atoms with van der Waals surface area (Å²) in [6.07, 6.45) is -1.75. The van der Waals surface area contributed by atoms with Gasteiger partial charge < -0.3 is 25.2 Å². The molecule has 0 spiro atoms. The van der Waals surface area contributed by atoms with Gasteiger partial charge in [-0.15, -0.1) is 0 Å². The SMILES string of the molecule is COc1cccc(NC(=O)N2CC(O)C(O)C2)c1. The molecule has 2 amide bonds. The molecule has 1 aromatic rings. The summed E-state index contributed by atoms with van der Waals surface area (Å²) in [6, 6.07) is 6.63. The number of aliphatic hydroxyl groups is 2. The van der Waals surface area contributed by atoms with Crippen molar-refractivity contribution in [2.24, 2.45) is 0 Å². The van der Waals surface area contributed by atoms with E-state index in [9.17, 15) is 15.0 Å². The predicted molar refractivity (Wildman–Crippen MR) is 65.6 cm³/mol. The van der Waals surface area contributed by atoms with Crippen LogP contribution < -0.4 is 10.1 Å². The first kappa shape index (κ1) is 12.7.